The molecule has 3 rings (SSSR count). The summed E-state index contributed by atoms with van der Waals surface area (Å²) in [5, 5.41) is 9.69. The first-order valence-electron chi connectivity index (χ1n) is 8.56. The van der Waals surface area contributed by atoms with Crippen molar-refractivity contribution in [2.24, 2.45) is 11.8 Å². The van der Waals surface area contributed by atoms with Crippen molar-refractivity contribution >= 4 is 12.0 Å². The molecule has 0 amide bonds. The van der Waals surface area contributed by atoms with Crippen LogP contribution in [-0.4, -0.2) is 42.2 Å². The molecule has 4 nitrogen and oxygen atoms in total. The van der Waals surface area contributed by atoms with Crippen LogP contribution in [0.3, 0.4) is 0 Å². The van der Waals surface area contributed by atoms with E-state index in [1.807, 2.05) is 31.2 Å². The van der Waals surface area contributed by atoms with E-state index >= 15 is 0 Å². The topological polar surface area (TPSA) is 49.8 Å². The zero-order valence-electron chi connectivity index (χ0n) is 14.3. The lowest BCUT2D eigenvalue weighted by molar-refractivity contribution is -0.133. The zero-order valence-corrected chi connectivity index (χ0v) is 14.3. The van der Waals surface area contributed by atoms with Crippen molar-refractivity contribution in [1.82, 2.24) is 4.90 Å². The summed E-state index contributed by atoms with van der Waals surface area (Å²) in [7, 11) is 1.62. The number of aliphatic carboxylic acids is 1. The summed E-state index contributed by atoms with van der Waals surface area (Å²) in [5.41, 5.74) is 1.34. The van der Waals surface area contributed by atoms with Crippen LogP contribution in [0.4, 0.5) is 0 Å². The van der Waals surface area contributed by atoms with Gasteiger partial charge in [0, 0.05) is 19.1 Å². The number of carboxylic acid groups (broad SMARTS) is 1. The second-order valence-electron chi connectivity index (χ2n) is 6.77. The molecule has 1 N–H and O–H groups in total. The molecule has 24 heavy (non-hydrogen) atoms. The maximum Gasteiger partial charge on any atom is 0.333 e. The molecule has 1 unspecified atom stereocenters. The molecule has 0 spiro atoms. The first-order valence-corrected chi connectivity index (χ1v) is 8.56. The molecule has 1 aliphatic heterocycles. The molecule has 0 aromatic heterocycles. The Bertz CT molecular complexity index is 631. The number of carboxylic acids is 1. The van der Waals surface area contributed by atoms with Gasteiger partial charge in [-0.25, -0.2) is 4.79 Å². The molecule has 0 bridgehead atoms. The number of methoxy groups -OCH3 is 1. The summed E-state index contributed by atoms with van der Waals surface area (Å²) in [5.74, 6) is 1.28. The van der Waals surface area contributed by atoms with Crippen molar-refractivity contribution in [3.63, 3.8) is 0 Å². The summed E-state index contributed by atoms with van der Waals surface area (Å²) in [6.45, 7) is 3.99. The van der Waals surface area contributed by atoms with Crippen LogP contribution in [0.2, 0.25) is 0 Å². The normalized spacial score (nSPS) is 25.3. The third kappa shape index (κ3) is 3.54. The minimum Gasteiger partial charge on any atom is -0.497 e. The average Bonchev–Trinajstić information content (AvgIpc) is 3.03. The Kier molecular flexibility index (Phi) is 5.05. The molecule has 3 atom stereocenters. The van der Waals surface area contributed by atoms with Crippen molar-refractivity contribution in [2.45, 2.75) is 25.8 Å². The van der Waals surface area contributed by atoms with Gasteiger partial charge in [-0.15, -0.1) is 0 Å². The molecular formula is C20H25NO3. The Morgan fingerprint density at radius 2 is 1.79 bits per heavy atom. The summed E-state index contributed by atoms with van der Waals surface area (Å²) >= 11 is 0. The number of nitrogens with zero attached hydrogens (tertiary/aromatic N) is 1. The largest absolute Gasteiger partial charge is 0.497 e. The third-order valence-corrected chi connectivity index (χ3v) is 5.33. The van der Waals surface area contributed by atoms with E-state index in [1.54, 1.807) is 13.2 Å². The van der Waals surface area contributed by atoms with Gasteiger partial charge >= 0.3 is 5.97 Å². The monoisotopic (exact) mass is 327 g/mol. The van der Waals surface area contributed by atoms with Gasteiger partial charge in [-0.1, -0.05) is 24.3 Å². The Morgan fingerprint density at radius 3 is 2.29 bits per heavy atom. The summed E-state index contributed by atoms with van der Waals surface area (Å²) in [6, 6.07) is 7.40. The Hall–Kier alpha value is -2.07. The summed E-state index contributed by atoms with van der Waals surface area (Å²) in [4.78, 5) is 14.1. The fourth-order valence-corrected chi connectivity index (χ4v) is 3.80. The first kappa shape index (κ1) is 16.8. The first-order chi connectivity index (χ1) is 11.6. The van der Waals surface area contributed by atoms with Gasteiger partial charge < -0.3 is 9.84 Å². The van der Waals surface area contributed by atoms with Gasteiger partial charge in [-0.2, -0.15) is 0 Å². The molecule has 1 heterocycles. The smallest absolute Gasteiger partial charge is 0.333 e. The van der Waals surface area contributed by atoms with Crippen LogP contribution in [0.25, 0.3) is 6.08 Å². The molecule has 4 heteroatoms. The van der Waals surface area contributed by atoms with E-state index in [9.17, 15) is 9.90 Å². The van der Waals surface area contributed by atoms with Crippen molar-refractivity contribution in [3.8, 4) is 5.75 Å². The quantitative estimate of drug-likeness (QED) is 0.665. The number of fused-ring (bicyclic) bond motifs is 1. The SMILES string of the molecule is COc1ccc(C=C(C(=O)O)C(C)N2C[C@H]3CC=CC[C@H]3C2)cc1. The number of rotatable bonds is 5. The molecule has 1 saturated heterocycles. The van der Waals surface area contributed by atoms with Crippen molar-refractivity contribution in [1.29, 1.82) is 0 Å². The highest BCUT2D eigenvalue weighted by Crippen LogP contribution is 2.35. The summed E-state index contributed by atoms with van der Waals surface area (Å²) in [6.07, 6.45) is 8.56. The van der Waals surface area contributed by atoms with E-state index in [0.29, 0.717) is 17.4 Å². The number of allylic oxidation sites excluding steroid dienone is 2. The summed E-state index contributed by atoms with van der Waals surface area (Å²) < 4.78 is 5.15. The molecule has 1 aliphatic carbocycles. The van der Waals surface area contributed by atoms with Crippen LogP contribution >= 0.6 is 0 Å². The lowest BCUT2D eigenvalue weighted by Crippen LogP contribution is -2.35. The lowest BCUT2D eigenvalue weighted by atomic mass is 9.86. The highest BCUT2D eigenvalue weighted by Gasteiger charge is 2.36. The number of hydrogen-bond donors (Lipinski definition) is 1. The van der Waals surface area contributed by atoms with Crippen LogP contribution in [0.5, 0.6) is 5.75 Å². The Balaban J connectivity index is 1.77. The molecule has 1 fully saturated rings. The zero-order chi connectivity index (χ0) is 17.1. The number of likely N-dealkylation sites (tertiary alicyclic amines) is 1. The van der Waals surface area contributed by atoms with Crippen molar-refractivity contribution < 1.29 is 14.6 Å². The van der Waals surface area contributed by atoms with Gasteiger partial charge in [0.15, 0.2) is 0 Å². The number of ether oxygens (including phenoxy) is 1. The second-order valence-corrected chi connectivity index (χ2v) is 6.77. The second kappa shape index (κ2) is 7.22. The van der Waals surface area contributed by atoms with Crippen molar-refractivity contribution in [3.05, 3.63) is 47.6 Å². The maximum absolute atomic E-state index is 11.8. The minimum absolute atomic E-state index is 0.0878. The van der Waals surface area contributed by atoms with Crippen molar-refractivity contribution in [2.75, 3.05) is 20.2 Å². The molecule has 2 aliphatic rings. The third-order valence-electron chi connectivity index (χ3n) is 5.33. The Morgan fingerprint density at radius 1 is 1.21 bits per heavy atom. The van der Waals surface area contributed by atoms with Gasteiger partial charge in [-0.3, -0.25) is 4.90 Å². The van der Waals surface area contributed by atoms with Gasteiger partial charge in [0.25, 0.3) is 0 Å². The number of carbonyl (C=O) groups is 1. The molecule has 1 aromatic carbocycles. The fraction of sp³-hybridized carbons (Fsp3) is 0.450. The fourth-order valence-electron chi connectivity index (χ4n) is 3.80. The molecular weight excluding hydrogens is 302 g/mol. The van der Waals surface area contributed by atoms with E-state index in [2.05, 4.69) is 17.1 Å². The van der Waals surface area contributed by atoms with E-state index in [1.165, 1.54) is 0 Å². The van der Waals surface area contributed by atoms with Crippen LogP contribution in [0.15, 0.2) is 42.0 Å². The van der Waals surface area contributed by atoms with Gasteiger partial charge in [0.1, 0.15) is 5.75 Å². The highest BCUT2D eigenvalue weighted by atomic mass is 16.5. The van der Waals surface area contributed by atoms with E-state index in [-0.39, 0.29) is 6.04 Å². The standard InChI is InChI=1S/C20H25NO3/c1-14(21-12-16-5-3-4-6-17(16)13-21)19(20(22)23)11-15-7-9-18(24-2)10-8-15/h3-4,7-11,14,16-17H,5-6,12-13H2,1-2H3,(H,22,23)/t14?,16-,17+. The molecule has 0 saturated carbocycles. The van der Waals surface area contributed by atoms with E-state index in [0.717, 1.165) is 37.2 Å². The molecule has 128 valence electrons. The maximum atomic E-state index is 11.8. The van der Waals surface area contributed by atoms with E-state index < -0.39 is 5.97 Å². The van der Waals surface area contributed by atoms with Crippen LogP contribution in [0, 0.1) is 11.8 Å². The van der Waals surface area contributed by atoms with E-state index in [4.69, 9.17) is 4.74 Å². The lowest BCUT2D eigenvalue weighted by Gasteiger charge is -2.25. The van der Waals surface area contributed by atoms with Crippen LogP contribution in [0.1, 0.15) is 25.3 Å². The van der Waals surface area contributed by atoms with Crippen LogP contribution < -0.4 is 4.74 Å². The predicted octanol–water partition coefficient (Wildman–Crippen LogP) is 3.45. The number of hydrogen-bond acceptors (Lipinski definition) is 3. The Labute approximate surface area is 143 Å². The van der Waals surface area contributed by atoms with Crippen LogP contribution in [-0.2, 0) is 4.79 Å². The van der Waals surface area contributed by atoms with Gasteiger partial charge in [0.05, 0.1) is 12.7 Å². The average molecular weight is 327 g/mol. The predicted molar refractivity (Wildman–Crippen MR) is 95.0 cm³/mol. The molecule has 0 radical (unpaired) electrons. The molecule has 1 aromatic rings. The minimum atomic E-state index is -0.841. The number of benzene rings is 1. The highest BCUT2D eigenvalue weighted by molar-refractivity contribution is 5.93. The van der Waals surface area contributed by atoms with Gasteiger partial charge in [0.2, 0.25) is 0 Å². The van der Waals surface area contributed by atoms with Gasteiger partial charge in [-0.05, 0) is 55.4 Å².